The maximum absolute atomic E-state index is 5.96. The van der Waals surface area contributed by atoms with Gasteiger partial charge in [0.25, 0.3) is 0 Å². The summed E-state index contributed by atoms with van der Waals surface area (Å²) < 4.78 is 0. The number of halogens is 1. The lowest BCUT2D eigenvalue weighted by atomic mass is 10.0. The molecule has 1 aromatic heterocycles. The third-order valence-corrected chi connectivity index (χ3v) is 3.75. The minimum absolute atomic E-state index is 0.615. The van der Waals surface area contributed by atoms with E-state index in [9.17, 15) is 0 Å². The normalized spacial score (nSPS) is 16.8. The number of aryl methyl sites for hydroxylation is 1. The zero-order chi connectivity index (χ0) is 13.0. The standard InChI is InChI=1S/C14H22ClN3/c1-2-7-17-13(10-3-4-10)6-5-11-8-12(15)9-18-14(11)16/h8-10,13,17H,2-7H2,1H3,(H2,16,18). The summed E-state index contributed by atoms with van der Waals surface area (Å²) in [6.45, 7) is 3.31. The van der Waals surface area contributed by atoms with E-state index in [1.165, 1.54) is 19.3 Å². The fourth-order valence-electron chi connectivity index (χ4n) is 2.34. The van der Waals surface area contributed by atoms with Crippen LogP contribution in [0.5, 0.6) is 0 Å². The van der Waals surface area contributed by atoms with Gasteiger partial charge in [-0.2, -0.15) is 0 Å². The Morgan fingerprint density at radius 3 is 3.00 bits per heavy atom. The summed E-state index contributed by atoms with van der Waals surface area (Å²) in [6.07, 6.45) is 7.60. The summed E-state index contributed by atoms with van der Waals surface area (Å²) in [6, 6.07) is 2.57. The number of nitrogens with two attached hydrogens (primary N) is 1. The van der Waals surface area contributed by atoms with Crippen molar-refractivity contribution < 1.29 is 0 Å². The molecule has 1 atom stereocenters. The number of nitrogen functional groups attached to an aromatic ring is 1. The Morgan fingerprint density at radius 2 is 2.33 bits per heavy atom. The molecule has 0 spiro atoms. The van der Waals surface area contributed by atoms with E-state index in [1.54, 1.807) is 6.20 Å². The van der Waals surface area contributed by atoms with Crippen LogP contribution in [-0.2, 0) is 6.42 Å². The maximum Gasteiger partial charge on any atom is 0.126 e. The van der Waals surface area contributed by atoms with Crippen molar-refractivity contribution in [2.24, 2.45) is 5.92 Å². The number of pyridine rings is 1. The Balaban J connectivity index is 1.89. The monoisotopic (exact) mass is 267 g/mol. The maximum atomic E-state index is 5.96. The second-order valence-corrected chi connectivity index (χ2v) is 5.57. The average molecular weight is 268 g/mol. The van der Waals surface area contributed by atoms with Gasteiger partial charge >= 0.3 is 0 Å². The van der Waals surface area contributed by atoms with Gasteiger partial charge in [-0.1, -0.05) is 18.5 Å². The van der Waals surface area contributed by atoms with E-state index in [-0.39, 0.29) is 0 Å². The van der Waals surface area contributed by atoms with Crippen LogP contribution in [0.3, 0.4) is 0 Å². The second-order valence-electron chi connectivity index (χ2n) is 5.13. The molecule has 0 radical (unpaired) electrons. The molecule has 1 aliphatic carbocycles. The van der Waals surface area contributed by atoms with Gasteiger partial charge in [0.1, 0.15) is 5.82 Å². The highest BCUT2D eigenvalue weighted by Gasteiger charge is 2.30. The molecule has 0 aromatic carbocycles. The molecule has 18 heavy (non-hydrogen) atoms. The SMILES string of the molecule is CCCNC(CCc1cc(Cl)cnc1N)C1CC1. The summed E-state index contributed by atoms with van der Waals surface area (Å²) in [7, 11) is 0. The summed E-state index contributed by atoms with van der Waals surface area (Å²) >= 11 is 5.96. The number of hydrogen-bond acceptors (Lipinski definition) is 3. The van der Waals surface area contributed by atoms with Gasteiger partial charge in [-0.15, -0.1) is 0 Å². The van der Waals surface area contributed by atoms with Crippen molar-refractivity contribution in [3.8, 4) is 0 Å². The molecule has 3 nitrogen and oxygen atoms in total. The molecule has 1 saturated carbocycles. The molecule has 1 aliphatic rings. The van der Waals surface area contributed by atoms with Gasteiger partial charge in [-0.05, 0) is 56.2 Å². The number of nitrogens with one attached hydrogen (secondary N) is 1. The van der Waals surface area contributed by atoms with Crippen molar-refractivity contribution >= 4 is 17.4 Å². The highest BCUT2D eigenvalue weighted by molar-refractivity contribution is 6.30. The number of anilines is 1. The van der Waals surface area contributed by atoms with Crippen molar-refractivity contribution in [1.82, 2.24) is 10.3 Å². The van der Waals surface area contributed by atoms with Gasteiger partial charge in [0.05, 0.1) is 5.02 Å². The molecular weight excluding hydrogens is 246 g/mol. The molecule has 4 heteroatoms. The fourth-order valence-corrected chi connectivity index (χ4v) is 2.52. The number of nitrogens with zero attached hydrogens (tertiary/aromatic N) is 1. The zero-order valence-electron chi connectivity index (χ0n) is 11.0. The van der Waals surface area contributed by atoms with E-state index in [1.807, 2.05) is 6.07 Å². The second kappa shape index (κ2) is 6.39. The number of rotatable bonds is 7. The van der Waals surface area contributed by atoms with Crippen LogP contribution < -0.4 is 11.1 Å². The smallest absolute Gasteiger partial charge is 0.126 e. The van der Waals surface area contributed by atoms with Crippen molar-refractivity contribution in [3.05, 3.63) is 22.8 Å². The predicted octanol–water partition coefficient (Wildman–Crippen LogP) is 3.03. The van der Waals surface area contributed by atoms with E-state index < -0.39 is 0 Å². The average Bonchev–Trinajstić information content (AvgIpc) is 3.17. The highest BCUT2D eigenvalue weighted by Crippen LogP contribution is 2.34. The lowest BCUT2D eigenvalue weighted by Crippen LogP contribution is -2.32. The summed E-state index contributed by atoms with van der Waals surface area (Å²) in [4.78, 5) is 4.10. The van der Waals surface area contributed by atoms with Crippen LogP contribution in [0.25, 0.3) is 0 Å². The minimum atomic E-state index is 0.615. The molecule has 0 aliphatic heterocycles. The lowest BCUT2D eigenvalue weighted by molar-refractivity contribution is 0.436. The van der Waals surface area contributed by atoms with Gasteiger partial charge in [0, 0.05) is 12.2 Å². The molecule has 3 N–H and O–H groups in total. The van der Waals surface area contributed by atoms with Gasteiger partial charge in [0.2, 0.25) is 0 Å². The van der Waals surface area contributed by atoms with Gasteiger partial charge in [-0.25, -0.2) is 4.98 Å². The first-order valence-electron chi connectivity index (χ1n) is 6.84. The van der Waals surface area contributed by atoms with Crippen LogP contribution in [0, 0.1) is 5.92 Å². The Labute approximate surface area is 114 Å². The van der Waals surface area contributed by atoms with Crippen molar-refractivity contribution in [3.63, 3.8) is 0 Å². The van der Waals surface area contributed by atoms with E-state index in [0.29, 0.717) is 16.9 Å². The fraction of sp³-hybridized carbons (Fsp3) is 0.643. The molecule has 2 rings (SSSR count). The van der Waals surface area contributed by atoms with E-state index in [4.69, 9.17) is 17.3 Å². The molecule has 1 heterocycles. The Kier molecular flexibility index (Phi) is 4.84. The van der Waals surface area contributed by atoms with Gasteiger partial charge in [-0.3, -0.25) is 0 Å². The van der Waals surface area contributed by atoms with Crippen LogP contribution in [0.4, 0.5) is 5.82 Å². The molecule has 1 fully saturated rings. The topological polar surface area (TPSA) is 50.9 Å². The first kappa shape index (κ1) is 13.6. The number of hydrogen-bond donors (Lipinski definition) is 2. The Hall–Kier alpha value is -0.800. The van der Waals surface area contributed by atoms with E-state index >= 15 is 0 Å². The minimum Gasteiger partial charge on any atom is -0.383 e. The third kappa shape index (κ3) is 3.85. The van der Waals surface area contributed by atoms with Gasteiger partial charge < -0.3 is 11.1 Å². The molecular formula is C14H22ClN3. The predicted molar refractivity (Wildman–Crippen MR) is 76.8 cm³/mol. The third-order valence-electron chi connectivity index (χ3n) is 3.54. The van der Waals surface area contributed by atoms with Crippen molar-refractivity contribution in [2.45, 2.75) is 45.1 Å². The molecule has 1 unspecified atom stereocenters. The largest absolute Gasteiger partial charge is 0.383 e. The summed E-state index contributed by atoms with van der Waals surface area (Å²) in [5, 5.41) is 4.31. The molecule has 1 aromatic rings. The van der Waals surface area contributed by atoms with Crippen LogP contribution in [-0.4, -0.2) is 17.6 Å². The van der Waals surface area contributed by atoms with E-state index in [2.05, 4.69) is 17.2 Å². The summed E-state index contributed by atoms with van der Waals surface area (Å²) in [5.74, 6) is 1.48. The van der Waals surface area contributed by atoms with Crippen LogP contribution in [0.1, 0.15) is 38.2 Å². The number of aromatic nitrogens is 1. The quantitative estimate of drug-likeness (QED) is 0.798. The van der Waals surface area contributed by atoms with Crippen LogP contribution in [0.15, 0.2) is 12.3 Å². The highest BCUT2D eigenvalue weighted by atomic mass is 35.5. The summed E-state index contributed by atoms with van der Waals surface area (Å²) in [5.41, 5.74) is 6.95. The van der Waals surface area contributed by atoms with Gasteiger partial charge in [0.15, 0.2) is 0 Å². The zero-order valence-corrected chi connectivity index (χ0v) is 11.7. The molecule has 100 valence electrons. The molecule has 0 amide bonds. The first-order chi connectivity index (χ1) is 8.70. The van der Waals surface area contributed by atoms with Crippen LogP contribution in [0.2, 0.25) is 5.02 Å². The van der Waals surface area contributed by atoms with Crippen molar-refractivity contribution in [2.75, 3.05) is 12.3 Å². The first-order valence-corrected chi connectivity index (χ1v) is 7.21. The Bertz CT molecular complexity index is 391. The van der Waals surface area contributed by atoms with Crippen molar-refractivity contribution in [1.29, 1.82) is 0 Å². The molecule has 0 bridgehead atoms. The lowest BCUT2D eigenvalue weighted by Gasteiger charge is -2.18. The van der Waals surface area contributed by atoms with Crippen LogP contribution >= 0.6 is 11.6 Å². The molecule has 0 saturated heterocycles. The van der Waals surface area contributed by atoms with E-state index in [0.717, 1.165) is 30.9 Å². The Morgan fingerprint density at radius 1 is 1.56 bits per heavy atom.